The number of methoxy groups -OCH3 is 2. The van der Waals surface area contributed by atoms with Gasteiger partial charge in [-0.15, -0.1) is 0 Å². The second-order valence-corrected chi connectivity index (χ2v) is 3.92. The summed E-state index contributed by atoms with van der Waals surface area (Å²) in [6.45, 7) is 5.57. The van der Waals surface area contributed by atoms with Gasteiger partial charge in [0.25, 0.3) is 0 Å². The van der Waals surface area contributed by atoms with Crippen LogP contribution in [0.15, 0.2) is 18.2 Å². The van der Waals surface area contributed by atoms with Crippen molar-refractivity contribution in [2.45, 2.75) is 13.8 Å². The van der Waals surface area contributed by atoms with E-state index < -0.39 is 11.9 Å². The lowest BCUT2D eigenvalue weighted by Crippen LogP contribution is -2.22. The number of hydrogen-bond acceptors (Lipinski definition) is 5. The Morgan fingerprint density at radius 3 is 1.68 bits per heavy atom. The van der Waals surface area contributed by atoms with Crippen LogP contribution in [0.2, 0.25) is 0 Å². The molecule has 0 aliphatic heterocycles. The van der Waals surface area contributed by atoms with Gasteiger partial charge in [-0.05, 0) is 32.0 Å². The number of nitrogens with zero attached hydrogens (tertiary/aromatic N) is 1. The zero-order chi connectivity index (χ0) is 14.4. The van der Waals surface area contributed by atoms with E-state index >= 15 is 0 Å². The highest BCUT2D eigenvalue weighted by atomic mass is 16.5. The summed E-state index contributed by atoms with van der Waals surface area (Å²) >= 11 is 0. The van der Waals surface area contributed by atoms with Gasteiger partial charge in [-0.3, -0.25) is 0 Å². The molecule has 0 amide bonds. The normalized spacial score (nSPS) is 9.89. The van der Waals surface area contributed by atoms with Crippen LogP contribution in [-0.2, 0) is 9.47 Å². The summed E-state index contributed by atoms with van der Waals surface area (Å²) in [6, 6.07) is 4.90. The zero-order valence-electron chi connectivity index (χ0n) is 11.7. The van der Waals surface area contributed by atoms with Crippen molar-refractivity contribution in [1.29, 1.82) is 0 Å². The van der Waals surface area contributed by atoms with Gasteiger partial charge in [0.1, 0.15) is 0 Å². The SMILES string of the molecule is CCN(CC)c1cc(C(=O)OC)cc(C(=O)OC)c1. The second kappa shape index (κ2) is 6.78. The monoisotopic (exact) mass is 265 g/mol. The number of hydrogen-bond donors (Lipinski definition) is 0. The lowest BCUT2D eigenvalue weighted by atomic mass is 10.1. The molecule has 0 atom stereocenters. The van der Waals surface area contributed by atoms with Crippen molar-refractivity contribution < 1.29 is 19.1 Å². The smallest absolute Gasteiger partial charge is 0.337 e. The molecule has 0 aromatic heterocycles. The van der Waals surface area contributed by atoms with Gasteiger partial charge in [0.2, 0.25) is 0 Å². The molecule has 104 valence electrons. The average molecular weight is 265 g/mol. The van der Waals surface area contributed by atoms with Gasteiger partial charge in [-0.2, -0.15) is 0 Å². The number of esters is 2. The predicted octanol–water partition coefficient (Wildman–Crippen LogP) is 2.11. The zero-order valence-corrected chi connectivity index (χ0v) is 11.7. The van der Waals surface area contributed by atoms with Crippen molar-refractivity contribution in [3.8, 4) is 0 Å². The van der Waals surface area contributed by atoms with Crippen molar-refractivity contribution in [2.75, 3.05) is 32.2 Å². The molecule has 0 saturated carbocycles. The molecule has 0 aliphatic rings. The first-order valence-corrected chi connectivity index (χ1v) is 6.14. The van der Waals surface area contributed by atoms with E-state index in [0.717, 1.165) is 18.8 Å². The van der Waals surface area contributed by atoms with Crippen molar-refractivity contribution in [2.24, 2.45) is 0 Å². The second-order valence-electron chi connectivity index (χ2n) is 3.92. The van der Waals surface area contributed by atoms with E-state index in [2.05, 4.69) is 0 Å². The van der Waals surface area contributed by atoms with Crippen molar-refractivity contribution in [3.05, 3.63) is 29.3 Å². The molecule has 5 heteroatoms. The summed E-state index contributed by atoms with van der Waals surface area (Å²) in [5.41, 5.74) is 1.48. The molecule has 5 nitrogen and oxygen atoms in total. The van der Waals surface area contributed by atoms with Gasteiger partial charge >= 0.3 is 11.9 Å². The molecule has 0 bridgehead atoms. The Balaban J connectivity index is 3.31. The van der Waals surface area contributed by atoms with Gasteiger partial charge in [-0.25, -0.2) is 9.59 Å². The van der Waals surface area contributed by atoms with Crippen LogP contribution in [-0.4, -0.2) is 39.2 Å². The van der Waals surface area contributed by atoms with Crippen LogP contribution in [0.3, 0.4) is 0 Å². The first kappa shape index (κ1) is 15.0. The van der Waals surface area contributed by atoms with Crippen molar-refractivity contribution in [3.63, 3.8) is 0 Å². The van der Waals surface area contributed by atoms with E-state index in [0.29, 0.717) is 11.1 Å². The molecular weight excluding hydrogens is 246 g/mol. The maximum absolute atomic E-state index is 11.6. The molecule has 0 radical (unpaired) electrons. The van der Waals surface area contributed by atoms with Gasteiger partial charge in [-0.1, -0.05) is 0 Å². The maximum atomic E-state index is 11.6. The molecule has 1 aromatic rings. The quantitative estimate of drug-likeness (QED) is 0.763. The minimum absolute atomic E-state index is 0.340. The van der Waals surface area contributed by atoms with Crippen LogP contribution in [0.25, 0.3) is 0 Å². The van der Waals surface area contributed by atoms with E-state index in [4.69, 9.17) is 9.47 Å². The lowest BCUT2D eigenvalue weighted by Gasteiger charge is -2.22. The van der Waals surface area contributed by atoms with Crippen LogP contribution < -0.4 is 4.90 Å². The highest BCUT2D eigenvalue weighted by Crippen LogP contribution is 2.20. The van der Waals surface area contributed by atoms with E-state index in [1.165, 1.54) is 20.3 Å². The Morgan fingerprint density at radius 1 is 0.947 bits per heavy atom. The van der Waals surface area contributed by atoms with Crippen LogP contribution in [0.1, 0.15) is 34.6 Å². The fraction of sp³-hybridized carbons (Fsp3) is 0.429. The summed E-state index contributed by atoms with van der Waals surface area (Å²) in [4.78, 5) is 25.3. The standard InChI is InChI=1S/C14H19NO4/c1-5-15(6-2)12-8-10(13(16)18-3)7-11(9-12)14(17)19-4/h7-9H,5-6H2,1-4H3. The van der Waals surface area contributed by atoms with Crippen LogP contribution >= 0.6 is 0 Å². The molecule has 0 aliphatic carbocycles. The Bertz CT molecular complexity index is 432. The predicted molar refractivity (Wildman–Crippen MR) is 72.7 cm³/mol. The lowest BCUT2D eigenvalue weighted by molar-refractivity contribution is 0.0599. The number of benzene rings is 1. The summed E-state index contributed by atoms with van der Waals surface area (Å²) in [7, 11) is 2.62. The highest BCUT2D eigenvalue weighted by molar-refractivity contribution is 5.97. The molecule has 0 spiro atoms. The Hall–Kier alpha value is -2.04. The molecule has 0 N–H and O–H groups in total. The number of carbonyl (C=O) groups excluding carboxylic acids is 2. The third-order valence-corrected chi connectivity index (χ3v) is 2.89. The molecule has 1 rings (SSSR count). The topological polar surface area (TPSA) is 55.8 Å². The minimum Gasteiger partial charge on any atom is -0.465 e. The van der Waals surface area contributed by atoms with Crippen molar-refractivity contribution in [1.82, 2.24) is 0 Å². The van der Waals surface area contributed by atoms with Crippen LogP contribution in [0.5, 0.6) is 0 Å². The van der Waals surface area contributed by atoms with E-state index in [-0.39, 0.29) is 0 Å². The summed E-state index contributed by atoms with van der Waals surface area (Å²) in [5, 5.41) is 0. The Kier molecular flexibility index (Phi) is 5.36. The minimum atomic E-state index is -0.473. The number of carbonyl (C=O) groups is 2. The summed E-state index contributed by atoms with van der Waals surface area (Å²) in [5.74, 6) is -0.946. The van der Waals surface area contributed by atoms with E-state index in [1.54, 1.807) is 12.1 Å². The third kappa shape index (κ3) is 3.47. The van der Waals surface area contributed by atoms with Gasteiger partial charge < -0.3 is 14.4 Å². The highest BCUT2D eigenvalue weighted by Gasteiger charge is 2.15. The van der Waals surface area contributed by atoms with E-state index in [1.807, 2.05) is 18.7 Å². The van der Waals surface area contributed by atoms with Crippen molar-refractivity contribution >= 4 is 17.6 Å². The third-order valence-electron chi connectivity index (χ3n) is 2.89. The summed E-state index contributed by atoms with van der Waals surface area (Å²) < 4.78 is 9.39. The molecule has 0 unspecified atom stereocenters. The van der Waals surface area contributed by atoms with E-state index in [9.17, 15) is 9.59 Å². The molecular formula is C14H19NO4. The first-order valence-electron chi connectivity index (χ1n) is 6.14. The Morgan fingerprint density at radius 2 is 1.37 bits per heavy atom. The fourth-order valence-electron chi connectivity index (χ4n) is 1.85. The molecule has 19 heavy (non-hydrogen) atoms. The number of rotatable bonds is 5. The molecule has 1 aromatic carbocycles. The Labute approximate surface area is 113 Å². The summed E-state index contributed by atoms with van der Waals surface area (Å²) in [6.07, 6.45) is 0. The number of ether oxygens (including phenoxy) is 2. The first-order chi connectivity index (χ1) is 9.07. The maximum Gasteiger partial charge on any atom is 0.337 e. The van der Waals surface area contributed by atoms with Crippen LogP contribution in [0.4, 0.5) is 5.69 Å². The van der Waals surface area contributed by atoms with Crippen LogP contribution in [0, 0.1) is 0 Å². The average Bonchev–Trinajstić information content (AvgIpc) is 2.46. The van der Waals surface area contributed by atoms with Gasteiger partial charge in [0, 0.05) is 18.8 Å². The largest absolute Gasteiger partial charge is 0.465 e. The molecule has 0 saturated heterocycles. The van der Waals surface area contributed by atoms with Gasteiger partial charge in [0.15, 0.2) is 0 Å². The number of anilines is 1. The molecule has 0 heterocycles. The fourth-order valence-corrected chi connectivity index (χ4v) is 1.85. The van der Waals surface area contributed by atoms with Gasteiger partial charge in [0.05, 0.1) is 25.3 Å². The molecule has 0 fully saturated rings.